The molecule has 0 radical (unpaired) electrons. The van der Waals surface area contributed by atoms with Crippen LogP contribution in [0.2, 0.25) is 0 Å². The van der Waals surface area contributed by atoms with Crippen molar-refractivity contribution in [2.24, 2.45) is 0 Å². The van der Waals surface area contributed by atoms with E-state index in [0.29, 0.717) is 10.7 Å². The lowest BCUT2D eigenvalue weighted by Crippen LogP contribution is -2.55. The van der Waals surface area contributed by atoms with Gasteiger partial charge in [-0.15, -0.1) is 5.10 Å². The number of nitrogens with zero attached hydrogens (tertiary/aromatic N) is 5. The highest BCUT2D eigenvalue weighted by atomic mass is 79.9. The third-order valence-corrected chi connectivity index (χ3v) is 7.29. The van der Waals surface area contributed by atoms with Gasteiger partial charge in [-0.2, -0.15) is 0 Å². The van der Waals surface area contributed by atoms with E-state index in [1.165, 1.54) is 35.2 Å². The van der Waals surface area contributed by atoms with Crippen molar-refractivity contribution in [3.8, 4) is 11.3 Å². The van der Waals surface area contributed by atoms with Gasteiger partial charge in [-0.25, -0.2) is 22.8 Å². The van der Waals surface area contributed by atoms with Crippen molar-refractivity contribution in [2.45, 2.75) is 41.3 Å². The molecule has 5 atom stereocenters. The van der Waals surface area contributed by atoms with Crippen LogP contribution < -0.4 is 0 Å². The van der Waals surface area contributed by atoms with Crippen molar-refractivity contribution in [1.29, 1.82) is 0 Å². The molecule has 1 aromatic carbocycles. The van der Waals surface area contributed by atoms with E-state index in [4.69, 9.17) is 13.9 Å². The van der Waals surface area contributed by atoms with Gasteiger partial charge < -0.3 is 24.1 Å². The van der Waals surface area contributed by atoms with Crippen molar-refractivity contribution >= 4 is 27.7 Å². The van der Waals surface area contributed by atoms with E-state index in [1.54, 1.807) is 12.4 Å². The minimum Gasteiger partial charge on any atom is -0.446 e. The molecule has 1 aliphatic rings. The molecule has 5 rings (SSSR count). The summed E-state index contributed by atoms with van der Waals surface area (Å²) in [5.41, 5.74) is -0.817. The lowest BCUT2D eigenvalue weighted by Gasteiger charge is -2.43. The summed E-state index contributed by atoms with van der Waals surface area (Å²) in [6, 6.07) is 2.42. The number of aromatic nitrogens is 5. The van der Waals surface area contributed by atoms with Gasteiger partial charge in [0.25, 0.3) is 0 Å². The first kappa shape index (κ1) is 26.8. The maximum atomic E-state index is 13.8. The number of benzene rings is 1. The predicted molar refractivity (Wildman–Crippen MR) is 129 cm³/mol. The standard InChI is InChI=1S/C23H19BrF3N5O5S/c24-12-3-14(6-28-4-12)38-23-22(35-9-13-5-29-10-36-13)20(21(34)18(8-33)37-23)32-7-17(30-31-32)11-1-15(25)19(27)16(26)2-11/h1-7,10,18,20-23,33-34H,8-9H2/t18?,20?,21-,22-,23+/m0/s1. The molecule has 0 saturated carbocycles. The molecule has 0 amide bonds. The van der Waals surface area contributed by atoms with Crippen LogP contribution in [0.1, 0.15) is 11.8 Å². The Bertz CT molecular complexity index is 1370. The molecule has 1 fully saturated rings. The maximum absolute atomic E-state index is 13.8. The SMILES string of the molecule is OCC1O[C@H](Sc2cncc(Br)c2)[C@@H](OCc2cnco2)C(n2cc(-c3cc(F)c(F)c(F)c3)nn2)[C@H]1O. The highest BCUT2D eigenvalue weighted by Crippen LogP contribution is 2.40. The molecule has 1 aliphatic heterocycles. The van der Waals surface area contributed by atoms with Gasteiger partial charge in [0.15, 0.2) is 23.8 Å². The largest absolute Gasteiger partial charge is 0.446 e. The van der Waals surface area contributed by atoms with Gasteiger partial charge in [0.05, 0.1) is 19.0 Å². The summed E-state index contributed by atoms with van der Waals surface area (Å²) < 4.78 is 60.5. The van der Waals surface area contributed by atoms with Gasteiger partial charge in [-0.3, -0.25) is 4.98 Å². The van der Waals surface area contributed by atoms with E-state index in [2.05, 4.69) is 36.2 Å². The van der Waals surface area contributed by atoms with E-state index >= 15 is 0 Å². The van der Waals surface area contributed by atoms with Crippen molar-refractivity contribution in [1.82, 2.24) is 25.0 Å². The average molecular weight is 614 g/mol. The zero-order chi connectivity index (χ0) is 26.8. The second kappa shape index (κ2) is 11.5. The summed E-state index contributed by atoms with van der Waals surface area (Å²) in [5.74, 6) is -3.96. The fourth-order valence-corrected chi connectivity index (χ4v) is 5.65. The van der Waals surface area contributed by atoms with Gasteiger partial charge in [0, 0.05) is 27.3 Å². The summed E-state index contributed by atoms with van der Waals surface area (Å²) >= 11 is 4.62. The van der Waals surface area contributed by atoms with E-state index in [-0.39, 0.29) is 17.9 Å². The number of halogens is 4. The number of aliphatic hydroxyl groups is 2. The van der Waals surface area contributed by atoms with Crippen LogP contribution >= 0.6 is 27.7 Å². The number of aliphatic hydroxyl groups excluding tert-OH is 2. The lowest BCUT2D eigenvalue weighted by molar-refractivity contribution is -0.197. The van der Waals surface area contributed by atoms with Crippen LogP contribution in [-0.2, 0) is 16.1 Å². The number of pyridine rings is 1. The monoisotopic (exact) mass is 613 g/mol. The van der Waals surface area contributed by atoms with Crippen LogP contribution in [0.5, 0.6) is 0 Å². The summed E-state index contributed by atoms with van der Waals surface area (Å²) in [5, 5.41) is 29.1. The Morgan fingerprint density at radius 3 is 2.58 bits per heavy atom. The molecule has 4 heterocycles. The Morgan fingerprint density at radius 2 is 1.89 bits per heavy atom. The first-order chi connectivity index (χ1) is 18.3. The predicted octanol–water partition coefficient (Wildman–Crippen LogP) is 3.50. The Labute approximate surface area is 225 Å². The molecule has 2 N–H and O–H groups in total. The number of ether oxygens (including phenoxy) is 2. The Morgan fingerprint density at radius 1 is 1.11 bits per heavy atom. The molecule has 0 bridgehead atoms. The highest BCUT2D eigenvalue weighted by molar-refractivity contribution is 9.10. The summed E-state index contributed by atoms with van der Waals surface area (Å²) in [6.45, 7) is -0.555. The Hall–Kier alpha value is -2.82. The Kier molecular flexibility index (Phi) is 8.11. The van der Waals surface area contributed by atoms with E-state index in [1.807, 2.05) is 6.07 Å². The maximum Gasteiger partial charge on any atom is 0.194 e. The third-order valence-electron chi connectivity index (χ3n) is 5.75. The molecule has 4 aromatic rings. The molecule has 3 aromatic heterocycles. The van der Waals surface area contributed by atoms with Crippen molar-refractivity contribution in [3.63, 3.8) is 0 Å². The van der Waals surface area contributed by atoms with Crippen LogP contribution in [0.3, 0.4) is 0 Å². The van der Waals surface area contributed by atoms with Gasteiger partial charge in [0.2, 0.25) is 0 Å². The quantitative estimate of drug-likeness (QED) is 0.285. The number of oxazole rings is 1. The number of thioether (sulfide) groups is 1. The van der Waals surface area contributed by atoms with Crippen molar-refractivity contribution in [3.05, 3.63) is 77.1 Å². The van der Waals surface area contributed by atoms with Crippen LogP contribution in [0.15, 0.2) is 63.2 Å². The van der Waals surface area contributed by atoms with Gasteiger partial charge in [0.1, 0.15) is 47.9 Å². The minimum absolute atomic E-state index is 0.0245. The molecule has 0 aliphatic carbocycles. The van der Waals surface area contributed by atoms with Crippen molar-refractivity contribution < 1.29 is 37.3 Å². The molecule has 1 saturated heterocycles. The second-order valence-corrected chi connectivity index (χ2v) is 10.3. The third kappa shape index (κ3) is 5.62. The highest BCUT2D eigenvalue weighted by Gasteiger charge is 2.48. The van der Waals surface area contributed by atoms with Crippen LogP contribution in [0.4, 0.5) is 13.2 Å². The average Bonchev–Trinajstić information content (AvgIpc) is 3.59. The second-order valence-electron chi connectivity index (χ2n) is 8.24. The first-order valence-electron chi connectivity index (χ1n) is 11.1. The topological polar surface area (TPSA) is 129 Å². The molecule has 10 nitrogen and oxygen atoms in total. The Balaban J connectivity index is 1.51. The summed E-state index contributed by atoms with van der Waals surface area (Å²) in [4.78, 5) is 8.72. The van der Waals surface area contributed by atoms with Crippen LogP contribution in [-0.4, -0.2) is 65.5 Å². The fourth-order valence-electron chi connectivity index (χ4n) is 3.98. The van der Waals surface area contributed by atoms with Gasteiger partial charge in [-0.05, 0) is 34.1 Å². The molecular formula is C23H19BrF3N5O5S. The summed E-state index contributed by atoms with van der Waals surface area (Å²) in [7, 11) is 0. The van der Waals surface area contributed by atoms with Gasteiger partial charge in [-0.1, -0.05) is 17.0 Å². The van der Waals surface area contributed by atoms with Gasteiger partial charge >= 0.3 is 0 Å². The van der Waals surface area contributed by atoms with E-state index in [0.717, 1.165) is 16.6 Å². The van der Waals surface area contributed by atoms with Crippen molar-refractivity contribution in [2.75, 3.05) is 6.61 Å². The number of hydrogen-bond donors (Lipinski definition) is 2. The summed E-state index contributed by atoms with van der Waals surface area (Å²) in [6.07, 6.45) is 4.03. The molecular weight excluding hydrogens is 595 g/mol. The number of hydrogen-bond acceptors (Lipinski definition) is 10. The minimum atomic E-state index is -1.60. The van der Waals surface area contributed by atoms with Crippen LogP contribution in [0, 0.1) is 17.5 Å². The van der Waals surface area contributed by atoms with E-state index < -0.39 is 53.8 Å². The zero-order valence-electron chi connectivity index (χ0n) is 19.2. The lowest BCUT2D eigenvalue weighted by atomic mass is 9.97. The normalized spacial score (nSPS) is 23.6. The van der Waals surface area contributed by atoms with Crippen LogP contribution in [0.25, 0.3) is 11.3 Å². The zero-order valence-corrected chi connectivity index (χ0v) is 21.6. The first-order valence-corrected chi connectivity index (χ1v) is 12.8. The number of rotatable bonds is 8. The molecule has 0 spiro atoms. The van der Waals surface area contributed by atoms with E-state index in [9.17, 15) is 23.4 Å². The molecule has 2 unspecified atom stereocenters. The smallest absolute Gasteiger partial charge is 0.194 e. The molecule has 15 heteroatoms. The molecule has 200 valence electrons. The molecule has 38 heavy (non-hydrogen) atoms. The fraction of sp³-hybridized carbons (Fsp3) is 0.304.